The molecule has 0 radical (unpaired) electrons. The number of carbonyl (C=O) groups is 3. The Hall–Kier alpha value is -3.56. The van der Waals surface area contributed by atoms with Crippen molar-refractivity contribution < 1.29 is 19.1 Å². The fourth-order valence-corrected chi connectivity index (χ4v) is 4.85. The van der Waals surface area contributed by atoms with Crippen LogP contribution in [-0.2, 0) is 25.7 Å². The Morgan fingerprint density at radius 1 is 1.14 bits per heavy atom. The van der Waals surface area contributed by atoms with Crippen LogP contribution < -0.4 is 11.1 Å². The highest BCUT2D eigenvalue weighted by Crippen LogP contribution is 2.40. The van der Waals surface area contributed by atoms with Gasteiger partial charge in [0.1, 0.15) is 11.5 Å². The molecular formula is C28H35N5O4. The maximum atomic E-state index is 13.8. The van der Waals surface area contributed by atoms with E-state index >= 15 is 0 Å². The lowest BCUT2D eigenvalue weighted by Crippen LogP contribution is -2.61. The Bertz CT molecular complexity index is 1160. The maximum absolute atomic E-state index is 13.8. The molecule has 2 aromatic rings. The Morgan fingerprint density at radius 2 is 1.78 bits per heavy atom. The molecule has 1 fully saturated rings. The van der Waals surface area contributed by atoms with E-state index in [1.165, 1.54) is 5.01 Å². The van der Waals surface area contributed by atoms with E-state index in [0.717, 1.165) is 11.1 Å². The first-order chi connectivity index (χ1) is 17.6. The van der Waals surface area contributed by atoms with Crippen LogP contribution in [0.2, 0.25) is 0 Å². The number of ether oxygens (including phenoxy) is 1. The normalized spacial score (nSPS) is 20.6. The third-order valence-corrected chi connectivity index (χ3v) is 6.84. The molecule has 2 atom stereocenters. The molecular weight excluding hydrogens is 470 g/mol. The highest BCUT2D eigenvalue weighted by Gasteiger charge is 2.53. The summed E-state index contributed by atoms with van der Waals surface area (Å²) in [6.45, 7) is 4.09. The number of nitrogens with zero attached hydrogens (tertiary/aromatic N) is 3. The molecule has 0 aromatic heterocycles. The molecule has 0 aliphatic carbocycles. The predicted octanol–water partition coefficient (Wildman–Crippen LogP) is 1.91. The van der Waals surface area contributed by atoms with Gasteiger partial charge < -0.3 is 20.7 Å². The van der Waals surface area contributed by atoms with Crippen LogP contribution in [0, 0.1) is 5.41 Å². The van der Waals surface area contributed by atoms with Crippen molar-refractivity contribution in [2.45, 2.75) is 44.9 Å². The molecule has 9 heteroatoms. The van der Waals surface area contributed by atoms with E-state index in [4.69, 9.17) is 10.5 Å². The van der Waals surface area contributed by atoms with Crippen LogP contribution in [0.5, 0.6) is 0 Å². The Kier molecular flexibility index (Phi) is 7.75. The maximum Gasteiger partial charge on any atom is 0.256 e. The lowest BCUT2D eigenvalue weighted by atomic mass is 9.73. The fraction of sp³-hybridized carbons (Fsp3) is 0.429. The predicted molar refractivity (Wildman–Crippen MR) is 140 cm³/mol. The van der Waals surface area contributed by atoms with Gasteiger partial charge in [-0.1, -0.05) is 60.7 Å². The van der Waals surface area contributed by atoms with Gasteiger partial charge in [0.05, 0.1) is 24.5 Å². The second kappa shape index (κ2) is 10.8. The zero-order valence-electron chi connectivity index (χ0n) is 21.6. The highest BCUT2D eigenvalue weighted by molar-refractivity contribution is 6.20. The standard InChI is InChI=1S/C28H35N5O4/c1-27(2,29)25(35)30-22(18-37-17-20-11-6-4-7-12-20)24(34)33-16-10-15-28(19-33)23(31-32(3)26(28)36)21-13-8-5-9-14-21/h4-9,11-14,22H,10,15-19,29H2,1-3H3,(H,30,35)/t22?,28-/m1/s1. The Morgan fingerprint density at radius 3 is 2.43 bits per heavy atom. The summed E-state index contributed by atoms with van der Waals surface area (Å²) in [5.74, 6) is -0.892. The van der Waals surface area contributed by atoms with Crippen LogP contribution in [0.4, 0.5) is 0 Å². The largest absolute Gasteiger partial charge is 0.374 e. The van der Waals surface area contributed by atoms with Crippen molar-refractivity contribution in [3.8, 4) is 0 Å². The topological polar surface area (TPSA) is 117 Å². The molecule has 1 spiro atoms. The first kappa shape index (κ1) is 26.5. The SMILES string of the molecule is CN1N=C(c2ccccc2)[C@]2(CCCN(C(=O)C(COCc3ccccc3)NC(=O)C(C)(C)N)C2)C1=O. The molecule has 2 heterocycles. The minimum Gasteiger partial charge on any atom is -0.374 e. The van der Waals surface area contributed by atoms with Gasteiger partial charge in [-0.3, -0.25) is 14.4 Å². The number of amides is 3. The minimum atomic E-state index is -1.17. The lowest BCUT2D eigenvalue weighted by molar-refractivity contribution is -0.145. The van der Waals surface area contributed by atoms with Crippen LogP contribution in [0.15, 0.2) is 65.8 Å². The van der Waals surface area contributed by atoms with Crippen molar-refractivity contribution in [1.29, 1.82) is 0 Å². The number of hydrazone groups is 1. The molecule has 37 heavy (non-hydrogen) atoms. The number of nitrogens with two attached hydrogens (primary N) is 1. The van der Waals surface area contributed by atoms with Gasteiger partial charge in [-0.25, -0.2) is 5.01 Å². The van der Waals surface area contributed by atoms with Crippen molar-refractivity contribution in [2.24, 2.45) is 16.3 Å². The summed E-state index contributed by atoms with van der Waals surface area (Å²) in [5.41, 5.74) is 6.37. The molecule has 4 rings (SSSR count). The fourth-order valence-electron chi connectivity index (χ4n) is 4.85. The van der Waals surface area contributed by atoms with E-state index < -0.39 is 22.9 Å². The summed E-state index contributed by atoms with van der Waals surface area (Å²) in [6, 6.07) is 18.2. The number of nitrogens with one attached hydrogen (secondary N) is 1. The molecule has 2 aliphatic heterocycles. The van der Waals surface area contributed by atoms with Crippen LogP contribution in [-0.4, -0.2) is 71.7 Å². The number of likely N-dealkylation sites (tertiary alicyclic amines) is 1. The van der Waals surface area contributed by atoms with Crippen LogP contribution in [0.25, 0.3) is 0 Å². The lowest BCUT2D eigenvalue weighted by Gasteiger charge is -2.41. The van der Waals surface area contributed by atoms with Crippen LogP contribution in [0.1, 0.15) is 37.8 Å². The zero-order chi connectivity index (χ0) is 26.6. The molecule has 2 aromatic carbocycles. The van der Waals surface area contributed by atoms with Gasteiger partial charge in [-0.05, 0) is 37.8 Å². The summed E-state index contributed by atoms with van der Waals surface area (Å²) in [5, 5.41) is 8.72. The molecule has 1 unspecified atom stereocenters. The molecule has 1 saturated heterocycles. The van der Waals surface area contributed by atoms with Gasteiger partial charge in [0.15, 0.2) is 0 Å². The van der Waals surface area contributed by atoms with Gasteiger partial charge in [0.2, 0.25) is 11.8 Å². The number of rotatable bonds is 8. The zero-order valence-corrected chi connectivity index (χ0v) is 21.6. The van der Waals surface area contributed by atoms with E-state index in [9.17, 15) is 14.4 Å². The van der Waals surface area contributed by atoms with Crippen molar-refractivity contribution in [1.82, 2.24) is 15.2 Å². The van der Waals surface area contributed by atoms with E-state index in [-0.39, 0.29) is 25.0 Å². The second-order valence-electron chi connectivity index (χ2n) is 10.3. The van der Waals surface area contributed by atoms with Gasteiger partial charge >= 0.3 is 0 Å². The van der Waals surface area contributed by atoms with E-state index in [1.807, 2.05) is 60.7 Å². The van der Waals surface area contributed by atoms with Crippen molar-refractivity contribution >= 4 is 23.4 Å². The van der Waals surface area contributed by atoms with E-state index in [0.29, 0.717) is 31.7 Å². The van der Waals surface area contributed by atoms with Crippen molar-refractivity contribution in [3.05, 3.63) is 71.8 Å². The summed E-state index contributed by atoms with van der Waals surface area (Å²) in [7, 11) is 1.64. The summed E-state index contributed by atoms with van der Waals surface area (Å²) in [6.07, 6.45) is 1.22. The molecule has 2 aliphatic rings. The molecule has 0 bridgehead atoms. The van der Waals surface area contributed by atoms with E-state index in [1.54, 1.807) is 25.8 Å². The minimum absolute atomic E-state index is 0.0213. The quantitative estimate of drug-likeness (QED) is 0.568. The average Bonchev–Trinajstić information content (AvgIpc) is 3.13. The van der Waals surface area contributed by atoms with Crippen LogP contribution in [0.3, 0.4) is 0 Å². The smallest absolute Gasteiger partial charge is 0.256 e. The molecule has 3 amide bonds. The summed E-state index contributed by atoms with van der Waals surface area (Å²) >= 11 is 0. The molecule has 9 nitrogen and oxygen atoms in total. The number of benzene rings is 2. The van der Waals surface area contributed by atoms with Gasteiger partial charge in [0.25, 0.3) is 5.91 Å². The molecule has 196 valence electrons. The Balaban J connectivity index is 1.55. The number of carbonyl (C=O) groups excluding carboxylic acids is 3. The molecule has 0 saturated carbocycles. The van der Waals surface area contributed by atoms with Gasteiger partial charge in [-0.15, -0.1) is 0 Å². The third kappa shape index (κ3) is 5.73. The summed E-state index contributed by atoms with van der Waals surface area (Å²) < 4.78 is 5.85. The number of piperidine rings is 1. The monoisotopic (exact) mass is 505 g/mol. The molecule has 3 N–H and O–H groups in total. The second-order valence-corrected chi connectivity index (χ2v) is 10.3. The van der Waals surface area contributed by atoms with E-state index in [2.05, 4.69) is 10.4 Å². The van der Waals surface area contributed by atoms with Crippen molar-refractivity contribution in [3.63, 3.8) is 0 Å². The first-order valence-electron chi connectivity index (χ1n) is 12.5. The number of hydrogen-bond acceptors (Lipinski definition) is 6. The highest BCUT2D eigenvalue weighted by atomic mass is 16.5. The average molecular weight is 506 g/mol. The first-order valence-corrected chi connectivity index (χ1v) is 12.5. The van der Waals surface area contributed by atoms with Crippen molar-refractivity contribution in [2.75, 3.05) is 26.7 Å². The number of hydrogen-bond donors (Lipinski definition) is 2. The van der Waals surface area contributed by atoms with Gasteiger partial charge in [-0.2, -0.15) is 5.10 Å². The van der Waals surface area contributed by atoms with Gasteiger partial charge in [0, 0.05) is 20.1 Å². The summed E-state index contributed by atoms with van der Waals surface area (Å²) in [4.78, 5) is 41.6. The third-order valence-electron chi connectivity index (χ3n) is 6.84. The van der Waals surface area contributed by atoms with Crippen LogP contribution >= 0.6 is 0 Å². The Labute approximate surface area is 217 Å².